The fourth-order valence-electron chi connectivity index (χ4n) is 5.32. The predicted molar refractivity (Wildman–Crippen MR) is 182 cm³/mol. The number of benzene rings is 2. The lowest BCUT2D eigenvalue weighted by Gasteiger charge is -2.43. The zero-order valence-corrected chi connectivity index (χ0v) is 30.1. The molecule has 2 saturated heterocycles. The maximum absolute atomic E-state index is 11.4. The van der Waals surface area contributed by atoms with Crippen LogP contribution in [0.2, 0.25) is 0 Å². The van der Waals surface area contributed by atoms with Crippen molar-refractivity contribution in [1.82, 2.24) is 0 Å². The van der Waals surface area contributed by atoms with E-state index in [2.05, 4.69) is 92.8 Å². The van der Waals surface area contributed by atoms with Gasteiger partial charge in [-0.1, -0.05) is 47.6 Å². The van der Waals surface area contributed by atoms with Crippen LogP contribution in [0.15, 0.2) is 34.3 Å². The minimum absolute atomic E-state index is 0.0857. The second kappa shape index (κ2) is 12.2. The number of hydrogen-bond donors (Lipinski definition) is 2. The van der Waals surface area contributed by atoms with Crippen molar-refractivity contribution in [1.29, 1.82) is 0 Å². The Kier molecular flexibility index (Phi) is 9.77. The second-order valence-electron chi connectivity index (χ2n) is 13.5. The number of hydrogen-bond acceptors (Lipinski definition) is 8. The number of fused-ring (bicyclic) bond motifs is 1. The van der Waals surface area contributed by atoms with Gasteiger partial charge in [0.15, 0.2) is 5.79 Å². The van der Waals surface area contributed by atoms with E-state index < -0.39 is 23.7 Å². The first kappa shape index (κ1) is 33.6. The molecule has 2 aromatic carbocycles. The summed E-state index contributed by atoms with van der Waals surface area (Å²) >= 11 is 4.32. The predicted octanol–water partition coefficient (Wildman–Crippen LogP) is 6.70. The van der Waals surface area contributed by atoms with Crippen molar-refractivity contribution in [3.8, 4) is 11.5 Å². The molecule has 8 nitrogen and oxygen atoms in total. The van der Waals surface area contributed by atoms with Gasteiger partial charge in [-0.25, -0.2) is 0 Å². The molecule has 42 heavy (non-hydrogen) atoms. The van der Waals surface area contributed by atoms with E-state index in [9.17, 15) is 10.2 Å². The van der Waals surface area contributed by atoms with Crippen LogP contribution in [0.1, 0.15) is 77.6 Å². The topological polar surface area (TPSA) is 102 Å². The minimum Gasteiger partial charge on any atom is -0.507 e. The van der Waals surface area contributed by atoms with Crippen LogP contribution in [0, 0.1) is 7.14 Å². The summed E-state index contributed by atoms with van der Waals surface area (Å²) in [6, 6.07) is 7.81. The number of aliphatic imine (C=N–C) groups is 2. The molecule has 2 aromatic rings. The van der Waals surface area contributed by atoms with E-state index in [1.807, 2.05) is 32.0 Å². The van der Waals surface area contributed by atoms with Gasteiger partial charge in [-0.3, -0.25) is 9.98 Å². The SMILES string of the molecule is CO[C@H]1[C@@H]2OC(C)(C)O[C@@H]2CO[C@]1(CN=Cc1cc(I)cc(I)c1O)/N=C/c1cc(C(C)(C)C)cc(C(C)(C)C)c1O. The van der Waals surface area contributed by atoms with Crippen molar-refractivity contribution in [3.05, 3.63) is 53.7 Å². The molecule has 2 fully saturated rings. The minimum atomic E-state index is -1.28. The molecule has 230 valence electrons. The Balaban J connectivity index is 1.81. The van der Waals surface area contributed by atoms with E-state index in [0.29, 0.717) is 11.1 Å². The third-order valence-electron chi connectivity index (χ3n) is 7.56. The average Bonchev–Trinajstić information content (AvgIpc) is 3.18. The lowest BCUT2D eigenvalue weighted by Crippen LogP contribution is -2.61. The Morgan fingerprint density at radius 3 is 2.24 bits per heavy atom. The van der Waals surface area contributed by atoms with E-state index in [1.165, 1.54) is 0 Å². The molecular formula is C32H42I2N2O6. The molecule has 0 amide bonds. The fraction of sp³-hybridized carbons (Fsp3) is 0.562. The summed E-state index contributed by atoms with van der Waals surface area (Å²) in [5.41, 5.74) is 1.40. The largest absolute Gasteiger partial charge is 0.507 e. The monoisotopic (exact) mass is 804 g/mol. The van der Waals surface area contributed by atoms with Gasteiger partial charge in [-0.15, -0.1) is 0 Å². The number of rotatable bonds is 6. The highest BCUT2D eigenvalue weighted by Gasteiger charge is 2.58. The molecule has 4 atom stereocenters. The summed E-state index contributed by atoms with van der Waals surface area (Å²) in [5.74, 6) is -0.457. The molecule has 2 N–H and O–H groups in total. The van der Waals surface area contributed by atoms with E-state index in [4.69, 9.17) is 28.9 Å². The van der Waals surface area contributed by atoms with Gasteiger partial charge in [0.1, 0.15) is 29.8 Å². The summed E-state index contributed by atoms with van der Waals surface area (Å²) in [5, 5.41) is 22.0. The van der Waals surface area contributed by atoms with E-state index in [1.54, 1.807) is 19.5 Å². The first-order valence-corrected chi connectivity index (χ1v) is 16.2. The normalized spacial score (nSPS) is 26.3. The molecule has 0 saturated carbocycles. The van der Waals surface area contributed by atoms with Crippen LogP contribution in [0.3, 0.4) is 0 Å². The lowest BCUT2D eigenvalue weighted by molar-refractivity contribution is -0.211. The van der Waals surface area contributed by atoms with Gasteiger partial charge in [0.2, 0.25) is 5.72 Å². The smallest absolute Gasteiger partial charge is 0.207 e. The van der Waals surface area contributed by atoms with Crippen LogP contribution in [-0.4, -0.2) is 72.7 Å². The number of methoxy groups -OCH3 is 1. The van der Waals surface area contributed by atoms with Gasteiger partial charge in [0.25, 0.3) is 0 Å². The van der Waals surface area contributed by atoms with Crippen LogP contribution in [0.4, 0.5) is 0 Å². The number of phenolic OH excluding ortho intramolecular Hbond substituents is 2. The maximum atomic E-state index is 11.4. The maximum Gasteiger partial charge on any atom is 0.207 e. The fourth-order valence-corrected chi connectivity index (χ4v) is 7.21. The van der Waals surface area contributed by atoms with Crippen molar-refractivity contribution in [2.24, 2.45) is 9.98 Å². The summed E-state index contributed by atoms with van der Waals surface area (Å²) in [6.07, 6.45) is 1.85. The quantitative estimate of drug-likeness (QED) is 0.249. The van der Waals surface area contributed by atoms with Crippen LogP contribution in [0.5, 0.6) is 11.5 Å². The van der Waals surface area contributed by atoms with E-state index in [0.717, 1.165) is 18.3 Å². The number of ether oxygens (including phenoxy) is 4. The molecule has 0 radical (unpaired) electrons. The molecular weight excluding hydrogens is 762 g/mol. The molecule has 10 heteroatoms. The van der Waals surface area contributed by atoms with Gasteiger partial charge in [0.05, 0.1) is 16.7 Å². The third kappa shape index (κ3) is 7.14. The van der Waals surface area contributed by atoms with Crippen LogP contribution in [-0.2, 0) is 29.8 Å². The number of halogens is 2. The first-order chi connectivity index (χ1) is 19.4. The molecule has 0 unspecified atom stereocenters. The summed E-state index contributed by atoms with van der Waals surface area (Å²) in [7, 11) is 1.60. The molecule has 4 rings (SSSR count). The summed E-state index contributed by atoms with van der Waals surface area (Å²) < 4.78 is 26.6. The molecule has 0 bridgehead atoms. The van der Waals surface area contributed by atoms with Gasteiger partial charge < -0.3 is 29.2 Å². The zero-order valence-electron chi connectivity index (χ0n) is 25.8. The van der Waals surface area contributed by atoms with Crippen molar-refractivity contribution < 1.29 is 29.2 Å². The first-order valence-electron chi connectivity index (χ1n) is 14.0. The van der Waals surface area contributed by atoms with Crippen LogP contribution in [0.25, 0.3) is 0 Å². The Bertz CT molecular complexity index is 1380. The Morgan fingerprint density at radius 1 is 0.952 bits per heavy atom. The van der Waals surface area contributed by atoms with E-state index in [-0.39, 0.29) is 41.6 Å². The van der Waals surface area contributed by atoms with Crippen LogP contribution < -0.4 is 0 Å². The second-order valence-corrected chi connectivity index (χ2v) is 15.9. The van der Waals surface area contributed by atoms with Gasteiger partial charge in [-0.05, 0) is 93.6 Å². The molecule has 2 heterocycles. The Labute approximate surface area is 276 Å². The highest BCUT2D eigenvalue weighted by atomic mass is 127. The third-order valence-corrected chi connectivity index (χ3v) is 9.00. The van der Waals surface area contributed by atoms with Crippen molar-refractivity contribution in [2.75, 3.05) is 20.3 Å². The molecule has 2 aliphatic heterocycles. The highest BCUT2D eigenvalue weighted by Crippen LogP contribution is 2.42. The lowest BCUT2D eigenvalue weighted by atomic mass is 9.79. The number of aromatic hydroxyl groups is 2. The van der Waals surface area contributed by atoms with Crippen molar-refractivity contribution >= 4 is 57.6 Å². The van der Waals surface area contributed by atoms with Gasteiger partial charge in [0, 0.05) is 39.8 Å². The zero-order chi connectivity index (χ0) is 31.3. The average molecular weight is 805 g/mol. The van der Waals surface area contributed by atoms with Gasteiger partial charge in [-0.2, -0.15) is 0 Å². The van der Waals surface area contributed by atoms with Crippen molar-refractivity contribution in [3.63, 3.8) is 0 Å². The standard InChI is InChI=1S/C32H42I2N2O6/c1-29(2,3)20-10-18(25(37)22(12-20)30(4,5)6)15-36-32(17-35-14-19-11-21(33)13-23(34)26(19)38)28(39-9)27-24(16-40-32)41-31(7,8)42-27/h10-15,24,27-28,37-38H,16-17H2,1-9H3/b35-14?,36-15+/t24-,27-,28+,32+/m1/s1. The molecule has 0 spiro atoms. The van der Waals surface area contributed by atoms with Crippen molar-refractivity contribution in [2.45, 2.75) is 96.0 Å². The Hall–Kier alpha value is -1.32. The van der Waals surface area contributed by atoms with Gasteiger partial charge >= 0.3 is 0 Å². The molecule has 2 aliphatic rings. The number of nitrogens with zero attached hydrogens (tertiary/aromatic N) is 2. The number of phenols is 2. The summed E-state index contributed by atoms with van der Waals surface area (Å²) in [4.78, 5) is 9.70. The molecule has 0 aliphatic carbocycles. The highest BCUT2D eigenvalue weighted by molar-refractivity contribution is 14.1. The van der Waals surface area contributed by atoms with Crippen LogP contribution >= 0.6 is 45.2 Å². The Morgan fingerprint density at radius 2 is 1.62 bits per heavy atom. The van der Waals surface area contributed by atoms with E-state index >= 15 is 0 Å². The molecule has 0 aromatic heterocycles. The summed E-state index contributed by atoms with van der Waals surface area (Å²) in [6.45, 7) is 16.7.